The van der Waals surface area contributed by atoms with Crippen LogP contribution in [0.15, 0.2) is 18.2 Å². The van der Waals surface area contributed by atoms with Gasteiger partial charge in [0.1, 0.15) is 23.6 Å². The smallest absolute Gasteiger partial charge is 0.410 e. The molecule has 2 fully saturated rings. The first kappa shape index (κ1) is 22.6. The van der Waals surface area contributed by atoms with Crippen molar-refractivity contribution in [2.45, 2.75) is 63.9 Å². The largest absolute Gasteiger partial charge is 0.444 e. The Bertz CT molecular complexity index is 782. The molecule has 2 amide bonds. The van der Waals surface area contributed by atoms with Crippen LogP contribution in [-0.4, -0.2) is 65.3 Å². The van der Waals surface area contributed by atoms with E-state index in [4.69, 9.17) is 16.3 Å². The number of halogens is 3. The molecular weight excluding hydrogens is 416 g/mol. The van der Waals surface area contributed by atoms with Crippen molar-refractivity contribution in [2.75, 3.05) is 25.0 Å². The number of ether oxygens (including phenoxy) is 1. The molecule has 3 atom stereocenters. The van der Waals surface area contributed by atoms with E-state index >= 15 is 0 Å². The number of amides is 2. The second-order valence-corrected chi connectivity index (χ2v) is 9.34. The summed E-state index contributed by atoms with van der Waals surface area (Å²) >= 11 is 5.90. The monoisotopic (exact) mass is 443 g/mol. The molecular formula is C21H28ClF2N3O3. The van der Waals surface area contributed by atoms with E-state index in [0.717, 1.165) is 0 Å². The minimum absolute atomic E-state index is 0.0447. The first-order valence-electron chi connectivity index (χ1n) is 10.2. The summed E-state index contributed by atoms with van der Waals surface area (Å²) in [5.41, 5.74) is -0.263. The zero-order valence-corrected chi connectivity index (χ0v) is 18.2. The number of nitrogens with zero attached hydrogens (tertiary/aromatic N) is 2. The van der Waals surface area contributed by atoms with E-state index in [2.05, 4.69) is 5.32 Å². The maximum absolute atomic E-state index is 14.4. The lowest BCUT2D eigenvalue weighted by Gasteiger charge is -2.43. The summed E-state index contributed by atoms with van der Waals surface area (Å²) in [4.78, 5) is 28.5. The second kappa shape index (κ2) is 8.96. The van der Waals surface area contributed by atoms with E-state index in [1.165, 1.54) is 17.0 Å². The Hall–Kier alpha value is -2.09. The third kappa shape index (κ3) is 5.74. The topological polar surface area (TPSA) is 61.9 Å². The van der Waals surface area contributed by atoms with Crippen LogP contribution in [0.2, 0.25) is 5.02 Å². The summed E-state index contributed by atoms with van der Waals surface area (Å²) in [7, 11) is 0. The molecule has 3 unspecified atom stereocenters. The van der Waals surface area contributed by atoms with Gasteiger partial charge in [0.25, 0.3) is 0 Å². The number of carbonyl (C=O) groups excluding carboxylic acids is 2. The maximum Gasteiger partial charge on any atom is 0.410 e. The second-order valence-electron chi connectivity index (χ2n) is 8.90. The van der Waals surface area contributed by atoms with Gasteiger partial charge in [-0.2, -0.15) is 0 Å². The zero-order chi connectivity index (χ0) is 22.1. The van der Waals surface area contributed by atoms with Crippen molar-refractivity contribution < 1.29 is 23.1 Å². The SMILES string of the molecule is CC(C)(C)OC(=O)N1CC(F)CC(N2CCCC(Nc3cc(F)cc(Cl)c3)C2=O)C1. The van der Waals surface area contributed by atoms with Gasteiger partial charge in [-0.3, -0.25) is 4.79 Å². The van der Waals surface area contributed by atoms with Crippen LogP contribution in [0.1, 0.15) is 40.0 Å². The van der Waals surface area contributed by atoms with Crippen LogP contribution >= 0.6 is 11.6 Å². The molecule has 2 heterocycles. The quantitative estimate of drug-likeness (QED) is 0.759. The number of hydrogen-bond donors (Lipinski definition) is 1. The van der Waals surface area contributed by atoms with E-state index in [1.54, 1.807) is 31.7 Å². The number of alkyl halides is 1. The molecule has 2 aliphatic rings. The molecule has 0 aromatic heterocycles. The van der Waals surface area contributed by atoms with Crippen molar-refractivity contribution in [3.63, 3.8) is 0 Å². The van der Waals surface area contributed by atoms with Gasteiger partial charge in [0.15, 0.2) is 0 Å². The van der Waals surface area contributed by atoms with E-state index in [9.17, 15) is 18.4 Å². The van der Waals surface area contributed by atoms with Gasteiger partial charge in [-0.25, -0.2) is 13.6 Å². The predicted octanol–water partition coefficient (Wildman–Crippen LogP) is 4.23. The van der Waals surface area contributed by atoms with Gasteiger partial charge in [-0.1, -0.05) is 11.6 Å². The van der Waals surface area contributed by atoms with Gasteiger partial charge >= 0.3 is 6.09 Å². The predicted molar refractivity (Wildman–Crippen MR) is 111 cm³/mol. The fraction of sp³-hybridized carbons (Fsp3) is 0.619. The average Bonchev–Trinajstić information content (AvgIpc) is 2.60. The summed E-state index contributed by atoms with van der Waals surface area (Å²) in [6.07, 6.45) is -0.358. The molecule has 2 aliphatic heterocycles. The van der Waals surface area contributed by atoms with Crippen LogP contribution in [-0.2, 0) is 9.53 Å². The minimum Gasteiger partial charge on any atom is -0.444 e. The third-order valence-corrected chi connectivity index (χ3v) is 5.36. The molecule has 2 saturated heterocycles. The lowest BCUT2D eigenvalue weighted by atomic mass is 9.97. The Kier molecular flexibility index (Phi) is 6.75. The fourth-order valence-corrected chi connectivity index (χ4v) is 4.17. The van der Waals surface area contributed by atoms with Crippen molar-refractivity contribution in [1.29, 1.82) is 0 Å². The van der Waals surface area contributed by atoms with Gasteiger partial charge in [0.05, 0.1) is 12.6 Å². The van der Waals surface area contributed by atoms with Gasteiger partial charge in [0, 0.05) is 30.2 Å². The average molecular weight is 444 g/mol. The Morgan fingerprint density at radius 3 is 2.67 bits per heavy atom. The highest BCUT2D eigenvalue weighted by atomic mass is 35.5. The lowest BCUT2D eigenvalue weighted by Crippen LogP contribution is -2.59. The summed E-state index contributed by atoms with van der Waals surface area (Å²) in [6.45, 7) is 5.92. The highest BCUT2D eigenvalue weighted by Gasteiger charge is 2.40. The van der Waals surface area contributed by atoms with Gasteiger partial charge < -0.3 is 19.9 Å². The normalized spacial score (nSPS) is 25.3. The maximum atomic E-state index is 14.4. The number of benzene rings is 1. The third-order valence-electron chi connectivity index (χ3n) is 5.15. The van der Waals surface area contributed by atoms with Crippen LogP contribution in [0.5, 0.6) is 0 Å². The fourth-order valence-electron chi connectivity index (χ4n) is 3.95. The number of rotatable bonds is 3. The first-order chi connectivity index (χ1) is 14.0. The Labute approximate surface area is 180 Å². The van der Waals surface area contributed by atoms with Crippen LogP contribution in [0.3, 0.4) is 0 Å². The Morgan fingerprint density at radius 2 is 2.00 bits per heavy atom. The standard InChI is InChI=1S/C21H28ClF2N3O3/c1-21(2,3)30-20(29)26-11-15(24)10-17(12-26)27-6-4-5-18(19(27)28)25-16-8-13(22)7-14(23)9-16/h7-9,15,17-18,25H,4-6,10-12H2,1-3H3. The highest BCUT2D eigenvalue weighted by Crippen LogP contribution is 2.27. The van der Waals surface area contributed by atoms with Crippen LogP contribution in [0.25, 0.3) is 0 Å². The van der Waals surface area contributed by atoms with Crippen molar-refractivity contribution in [1.82, 2.24) is 9.80 Å². The van der Waals surface area contributed by atoms with Gasteiger partial charge in [-0.05, 0) is 51.8 Å². The van der Waals surface area contributed by atoms with Crippen molar-refractivity contribution in [3.8, 4) is 0 Å². The summed E-state index contributed by atoms with van der Waals surface area (Å²) in [5, 5.41) is 3.28. The molecule has 9 heteroatoms. The molecule has 0 spiro atoms. The molecule has 0 aliphatic carbocycles. The molecule has 1 aromatic rings. The van der Waals surface area contributed by atoms with E-state index in [1.807, 2.05) is 0 Å². The van der Waals surface area contributed by atoms with Gasteiger partial charge in [0.2, 0.25) is 5.91 Å². The molecule has 6 nitrogen and oxygen atoms in total. The lowest BCUT2D eigenvalue weighted by molar-refractivity contribution is -0.138. The van der Waals surface area contributed by atoms with Crippen molar-refractivity contribution >= 4 is 29.3 Å². The minimum atomic E-state index is -1.24. The molecule has 30 heavy (non-hydrogen) atoms. The Balaban J connectivity index is 1.69. The summed E-state index contributed by atoms with van der Waals surface area (Å²) in [5.74, 6) is -0.685. The van der Waals surface area contributed by atoms with E-state index < -0.39 is 35.8 Å². The van der Waals surface area contributed by atoms with Gasteiger partial charge in [-0.15, -0.1) is 0 Å². The number of carbonyl (C=O) groups is 2. The number of anilines is 1. The number of nitrogens with one attached hydrogen (secondary N) is 1. The number of likely N-dealkylation sites (tertiary alicyclic amines) is 2. The van der Waals surface area contributed by atoms with Crippen molar-refractivity contribution in [3.05, 3.63) is 29.0 Å². The molecule has 166 valence electrons. The highest BCUT2D eigenvalue weighted by molar-refractivity contribution is 6.30. The molecule has 0 saturated carbocycles. The number of hydrogen-bond acceptors (Lipinski definition) is 4. The van der Waals surface area contributed by atoms with Crippen LogP contribution in [0.4, 0.5) is 19.3 Å². The van der Waals surface area contributed by atoms with Crippen LogP contribution in [0, 0.1) is 5.82 Å². The van der Waals surface area contributed by atoms with E-state index in [0.29, 0.717) is 25.1 Å². The first-order valence-corrected chi connectivity index (χ1v) is 10.5. The molecule has 1 aromatic carbocycles. The zero-order valence-electron chi connectivity index (χ0n) is 17.5. The summed E-state index contributed by atoms with van der Waals surface area (Å²) in [6, 6.07) is 3.03. The number of piperidine rings is 2. The van der Waals surface area contributed by atoms with Crippen LogP contribution < -0.4 is 5.32 Å². The molecule has 3 rings (SSSR count). The summed E-state index contributed by atoms with van der Waals surface area (Å²) < 4.78 is 33.4. The molecule has 0 radical (unpaired) electrons. The molecule has 0 bridgehead atoms. The van der Waals surface area contributed by atoms with Crippen molar-refractivity contribution in [2.24, 2.45) is 0 Å². The van der Waals surface area contributed by atoms with E-state index in [-0.39, 0.29) is 30.4 Å². The Morgan fingerprint density at radius 1 is 1.27 bits per heavy atom. The molecule has 1 N–H and O–H groups in total.